The van der Waals surface area contributed by atoms with Gasteiger partial charge in [0.05, 0.1) is 5.52 Å². The highest BCUT2D eigenvalue weighted by molar-refractivity contribution is 5.93. The third-order valence-electron chi connectivity index (χ3n) is 2.66. The first-order valence-electron chi connectivity index (χ1n) is 5.14. The van der Waals surface area contributed by atoms with E-state index in [0.29, 0.717) is 0 Å². The van der Waals surface area contributed by atoms with Crippen molar-refractivity contribution in [2.75, 3.05) is 5.84 Å². The van der Waals surface area contributed by atoms with E-state index in [4.69, 9.17) is 5.84 Å². The lowest BCUT2D eigenvalue weighted by Gasteiger charge is -1.95. The Labute approximate surface area is 93.1 Å². The predicted molar refractivity (Wildman–Crippen MR) is 65.3 cm³/mol. The number of para-hydroxylation sites is 1. The molecular weight excluding hydrogens is 198 g/mol. The molecule has 0 atom stereocenters. The molecule has 0 bridgehead atoms. The number of nitrogens with zero attached hydrogens (tertiary/aromatic N) is 2. The summed E-state index contributed by atoms with van der Waals surface area (Å²) in [5.41, 5.74) is 2.96. The second-order valence-electron chi connectivity index (χ2n) is 3.68. The molecule has 78 valence electrons. The molecule has 16 heavy (non-hydrogen) atoms. The Hall–Kier alpha value is -2.29. The van der Waals surface area contributed by atoms with Gasteiger partial charge >= 0.3 is 0 Å². The molecule has 0 radical (unpaired) electrons. The minimum absolute atomic E-state index is 0.929. The molecule has 3 rings (SSSR count). The van der Waals surface area contributed by atoms with E-state index < -0.39 is 0 Å². The maximum atomic E-state index is 5.82. The first-order chi connectivity index (χ1) is 7.86. The van der Waals surface area contributed by atoms with Gasteiger partial charge in [-0.25, -0.2) is 0 Å². The molecule has 2 N–H and O–H groups in total. The van der Waals surface area contributed by atoms with Gasteiger partial charge in [0.25, 0.3) is 0 Å². The second kappa shape index (κ2) is 3.38. The molecular formula is C13H11N3. The van der Waals surface area contributed by atoms with Crippen molar-refractivity contribution in [1.82, 2.24) is 9.89 Å². The lowest BCUT2D eigenvalue weighted by atomic mass is 10.1. The number of nitrogen functional groups attached to an aromatic ring is 1. The van der Waals surface area contributed by atoms with E-state index in [1.807, 2.05) is 54.6 Å². The Bertz CT molecular complexity index is 626. The third-order valence-corrected chi connectivity index (χ3v) is 2.66. The summed E-state index contributed by atoms with van der Waals surface area (Å²) >= 11 is 0. The number of benzene rings is 2. The molecule has 0 spiro atoms. The van der Waals surface area contributed by atoms with Crippen LogP contribution in [-0.2, 0) is 0 Å². The van der Waals surface area contributed by atoms with Crippen molar-refractivity contribution in [3.63, 3.8) is 0 Å². The van der Waals surface area contributed by atoms with Crippen LogP contribution in [0.25, 0.3) is 22.2 Å². The number of hydrogen-bond acceptors (Lipinski definition) is 2. The van der Waals surface area contributed by atoms with E-state index in [-0.39, 0.29) is 0 Å². The Balaban J connectivity index is 2.33. The van der Waals surface area contributed by atoms with Crippen molar-refractivity contribution in [2.45, 2.75) is 0 Å². The van der Waals surface area contributed by atoms with E-state index in [2.05, 4.69) is 5.10 Å². The van der Waals surface area contributed by atoms with Gasteiger partial charge in [-0.15, -0.1) is 0 Å². The van der Waals surface area contributed by atoms with Gasteiger partial charge in [0.1, 0.15) is 5.69 Å². The molecule has 3 aromatic rings. The van der Waals surface area contributed by atoms with Crippen molar-refractivity contribution in [3.8, 4) is 11.3 Å². The number of aromatic nitrogens is 2. The van der Waals surface area contributed by atoms with Crippen LogP contribution < -0.4 is 5.84 Å². The van der Waals surface area contributed by atoms with Crippen molar-refractivity contribution < 1.29 is 0 Å². The number of hydrogen-bond donors (Lipinski definition) is 1. The number of fused-ring (bicyclic) bond motifs is 1. The van der Waals surface area contributed by atoms with Crippen LogP contribution in [0.15, 0.2) is 54.6 Å². The SMILES string of the molecule is Nn1nc(-c2ccccc2)c2ccccc21. The smallest absolute Gasteiger partial charge is 0.102 e. The average Bonchev–Trinajstić information content (AvgIpc) is 2.69. The number of rotatable bonds is 1. The van der Waals surface area contributed by atoms with Crippen LogP contribution in [-0.4, -0.2) is 9.89 Å². The Morgan fingerprint density at radius 3 is 2.38 bits per heavy atom. The summed E-state index contributed by atoms with van der Waals surface area (Å²) < 4.78 is 0. The minimum Gasteiger partial charge on any atom is -0.323 e. The largest absolute Gasteiger partial charge is 0.323 e. The summed E-state index contributed by atoms with van der Waals surface area (Å²) in [6.45, 7) is 0. The molecule has 1 aromatic heterocycles. The fourth-order valence-corrected chi connectivity index (χ4v) is 1.90. The van der Waals surface area contributed by atoms with E-state index in [9.17, 15) is 0 Å². The first-order valence-corrected chi connectivity index (χ1v) is 5.14. The zero-order valence-electron chi connectivity index (χ0n) is 8.67. The molecule has 0 aliphatic carbocycles. The summed E-state index contributed by atoms with van der Waals surface area (Å²) in [5.74, 6) is 5.82. The zero-order valence-corrected chi connectivity index (χ0v) is 8.67. The topological polar surface area (TPSA) is 43.8 Å². The molecule has 3 heteroatoms. The van der Waals surface area contributed by atoms with Crippen LogP contribution in [0.2, 0.25) is 0 Å². The average molecular weight is 209 g/mol. The van der Waals surface area contributed by atoms with Crippen molar-refractivity contribution in [3.05, 3.63) is 54.6 Å². The molecule has 0 saturated carbocycles. The van der Waals surface area contributed by atoms with Crippen LogP contribution in [0.4, 0.5) is 0 Å². The van der Waals surface area contributed by atoms with Crippen LogP contribution in [0.3, 0.4) is 0 Å². The molecule has 0 unspecified atom stereocenters. The van der Waals surface area contributed by atoms with Crippen LogP contribution >= 0.6 is 0 Å². The van der Waals surface area contributed by atoms with Gasteiger partial charge in [-0.2, -0.15) is 9.89 Å². The Kier molecular flexibility index (Phi) is 1.90. The molecule has 2 aromatic carbocycles. The fourth-order valence-electron chi connectivity index (χ4n) is 1.90. The maximum Gasteiger partial charge on any atom is 0.102 e. The summed E-state index contributed by atoms with van der Waals surface area (Å²) in [4.78, 5) is 1.43. The first kappa shape index (κ1) is 8.97. The summed E-state index contributed by atoms with van der Waals surface area (Å²) in [6.07, 6.45) is 0. The lowest BCUT2D eigenvalue weighted by molar-refractivity contribution is 0.867. The van der Waals surface area contributed by atoms with Crippen molar-refractivity contribution >= 4 is 10.9 Å². The Morgan fingerprint density at radius 1 is 0.875 bits per heavy atom. The Morgan fingerprint density at radius 2 is 1.56 bits per heavy atom. The van der Waals surface area contributed by atoms with Gasteiger partial charge in [-0.05, 0) is 6.07 Å². The van der Waals surface area contributed by atoms with Crippen molar-refractivity contribution in [2.24, 2.45) is 0 Å². The van der Waals surface area contributed by atoms with Crippen LogP contribution in [0.1, 0.15) is 0 Å². The van der Waals surface area contributed by atoms with Crippen LogP contribution in [0, 0.1) is 0 Å². The van der Waals surface area contributed by atoms with E-state index in [1.54, 1.807) is 0 Å². The minimum atomic E-state index is 0.929. The molecule has 0 amide bonds. The quantitative estimate of drug-likeness (QED) is 0.625. The molecule has 1 heterocycles. The van der Waals surface area contributed by atoms with Gasteiger partial charge in [0, 0.05) is 10.9 Å². The normalized spacial score (nSPS) is 10.8. The summed E-state index contributed by atoms with van der Waals surface area (Å²) in [5, 5.41) is 5.43. The van der Waals surface area contributed by atoms with Gasteiger partial charge in [-0.1, -0.05) is 48.5 Å². The lowest BCUT2D eigenvalue weighted by Crippen LogP contribution is -2.09. The highest BCUT2D eigenvalue weighted by Crippen LogP contribution is 2.26. The van der Waals surface area contributed by atoms with Gasteiger partial charge < -0.3 is 5.84 Å². The fraction of sp³-hybridized carbons (Fsp3) is 0. The maximum absolute atomic E-state index is 5.82. The van der Waals surface area contributed by atoms with E-state index in [0.717, 1.165) is 22.2 Å². The molecule has 0 saturated heterocycles. The highest BCUT2D eigenvalue weighted by atomic mass is 15.5. The van der Waals surface area contributed by atoms with Gasteiger partial charge in [0.2, 0.25) is 0 Å². The van der Waals surface area contributed by atoms with Gasteiger partial charge in [0.15, 0.2) is 0 Å². The summed E-state index contributed by atoms with van der Waals surface area (Å²) in [6, 6.07) is 18.0. The molecule has 3 nitrogen and oxygen atoms in total. The van der Waals surface area contributed by atoms with Crippen LogP contribution in [0.5, 0.6) is 0 Å². The summed E-state index contributed by atoms with van der Waals surface area (Å²) in [7, 11) is 0. The molecule has 0 fully saturated rings. The monoisotopic (exact) mass is 209 g/mol. The molecule has 0 aliphatic heterocycles. The van der Waals surface area contributed by atoms with E-state index in [1.165, 1.54) is 4.79 Å². The third kappa shape index (κ3) is 1.26. The molecule has 0 aliphatic rings. The second-order valence-corrected chi connectivity index (χ2v) is 3.68. The van der Waals surface area contributed by atoms with Crippen molar-refractivity contribution in [1.29, 1.82) is 0 Å². The van der Waals surface area contributed by atoms with Gasteiger partial charge in [-0.3, -0.25) is 0 Å². The standard InChI is InChI=1S/C13H11N3/c14-16-12-9-5-4-8-11(12)13(15-16)10-6-2-1-3-7-10/h1-9H,14H2. The number of nitrogens with two attached hydrogens (primary N) is 1. The zero-order chi connectivity index (χ0) is 11.0. The van der Waals surface area contributed by atoms with E-state index >= 15 is 0 Å². The highest BCUT2D eigenvalue weighted by Gasteiger charge is 2.09. The predicted octanol–water partition coefficient (Wildman–Crippen LogP) is 2.42.